The standard InChI is InChI=1S/C12H7FN2O5/c13-7-1-3-8(4-2-7)20-11-5-9(12(16)17)10(6-14-11)15(18)19/h1-6H,(H,16,17). The summed E-state index contributed by atoms with van der Waals surface area (Å²) in [6.07, 6.45) is 0.794. The molecule has 102 valence electrons. The van der Waals surface area contributed by atoms with Crippen molar-refractivity contribution in [1.29, 1.82) is 0 Å². The van der Waals surface area contributed by atoms with E-state index in [1.54, 1.807) is 0 Å². The Morgan fingerprint density at radius 1 is 1.35 bits per heavy atom. The molecule has 0 atom stereocenters. The fraction of sp³-hybridized carbons (Fsp3) is 0. The number of carboxylic acids is 1. The van der Waals surface area contributed by atoms with Gasteiger partial charge in [0.15, 0.2) is 0 Å². The third-order valence-corrected chi connectivity index (χ3v) is 2.32. The number of carboxylic acid groups (broad SMARTS) is 1. The molecule has 1 aromatic heterocycles. The molecule has 0 aliphatic rings. The number of hydrogen-bond acceptors (Lipinski definition) is 5. The van der Waals surface area contributed by atoms with Crippen LogP contribution in [0.5, 0.6) is 11.6 Å². The first-order valence-corrected chi connectivity index (χ1v) is 5.28. The van der Waals surface area contributed by atoms with E-state index in [9.17, 15) is 19.3 Å². The van der Waals surface area contributed by atoms with Crippen molar-refractivity contribution in [3.63, 3.8) is 0 Å². The summed E-state index contributed by atoms with van der Waals surface area (Å²) in [6, 6.07) is 5.87. The molecule has 0 aliphatic carbocycles. The summed E-state index contributed by atoms with van der Waals surface area (Å²) in [4.78, 5) is 24.4. The number of nitro groups is 1. The van der Waals surface area contributed by atoms with Crippen LogP contribution in [0.2, 0.25) is 0 Å². The van der Waals surface area contributed by atoms with Crippen LogP contribution < -0.4 is 4.74 Å². The second kappa shape index (κ2) is 5.31. The van der Waals surface area contributed by atoms with Crippen molar-refractivity contribution in [2.45, 2.75) is 0 Å². The summed E-state index contributed by atoms with van der Waals surface area (Å²) in [5.74, 6) is -1.84. The van der Waals surface area contributed by atoms with E-state index in [1.807, 2.05) is 0 Å². The lowest BCUT2D eigenvalue weighted by molar-refractivity contribution is -0.385. The normalized spacial score (nSPS) is 10.1. The van der Waals surface area contributed by atoms with Gasteiger partial charge < -0.3 is 9.84 Å². The highest BCUT2D eigenvalue weighted by molar-refractivity contribution is 5.92. The van der Waals surface area contributed by atoms with Crippen LogP contribution in [0.4, 0.5) is 10.1 Å². The number of pyridine rings is 1. The number of ether oxygens (including phenoxy) is 1. The second-order valence-electron chi connectivity index (χ2n) is 3.66. The Hall–Kier alpha value is -3.03. The van der Waals surface area contributed by atoms with Crippen molar-refractivity contribution < 1.29 is 24.0 Å². The topological polar surface area (TPSA) is 103 Å². The fourth-order valence-corrected chi connectivity index (χ4v) is 1.42. The lowest BCUT2D eigenvalue weighted by Crippen LogP contribution is -2.04. The van der Waals surface area contributed by atoms with Gasteiger partial charge in [0.25, 0.3) is 0 Å². The monoisotopic (exact) mass is 278 g/mol. The molecular weight excluding hydrogens is 271 g/mol. The molecule has 7 nitrogen and oxygen atoms in total. The van der Waals surface area contributed by atoms with E-state index in [-0.39, 0.29) is 11.6 Å². The van der Waals surface area contributed by atoms with E-state index >= 15 is 0 Å². The smallest absolute Gasteiger partial charge is 0.342 e. The zero-order valence-corrected chi connectivity index (χ0v) is 9.82. The highest BCUT2D eigenvalue weighted by Crippen LogP contribution is 2.25. The maximum absolute atomic E-state index is 12.7. The van der Waals surface area contributed by atoms with Gasteiger partial charge in [-0.3, -0.25) is 10.1 Å². The molecule has 0 aliphatic heterocycles. The molecule has 2 aromatic rings. The number of nitrogens with zero attached hydrogens (tertiary/aromatic N) is 2. The number of hydrogen-bond donors (Lipinski definition) is 1. The van der Waals surface area contributed by atoms with Crippen molar-refractivity contribution in [1.82, 2.24) is 4.98 Å². The minimum Gasteiger partial charge on any atom is -0.477 e. The Morgan fingerprint density at radius 2 is 2.00 bits per heavy atom. The van der Waals surface area contributed by atoms with E-state index in [0.29, 0.717) is 0 Å². The van der Waals surface area contributed by atoms with Crippen molar-refractivity contribution in [3.8, 4) is 11.6 Å². The van der Waals surface area contributed by atoms with Crippen LogP contribution in [-0.4, -0.2) is 21.0 Å². The van der Waals surface area contributed by atoms with E-state index in [0.717, 1.165) is 24.4 Å². The fourth-order valence-electron chi connectivity index (χ4n) is 1.42. The van der Waals surface area contributed by atoms with Crippen LogP contribution in [0.3, 0.4) is 0 Å². The SMILES string of the molecule is O=C(O)c1cc(Oc2ccc(F)cc2)ncc1[N+](=O)[O-]. The summed E-state index contributed by atoms with van der Waals surface area (Å²) in [5.41, 5.74) is -1.17. The molecule has 0 fully saturated rings. The van der Waals surface area contributed by atoms with E-state index in [1.165, 1.54) is 12.1 Å². The molecule has 0 unspecified atom stereocenters. The van der Waals surface area contributed by atoms with Crippen LogP contribution in [0.15, 0.2) is 36.5 Å². The molecule has 8 heteroatoms. The first-order valence-electron chi connectivity index (χ1n) is 5.28. The number of carbonyl (C=O) groups is 1. The van der Waals surface area contributed by atoms with Crippen molar-refractivity contribution in [2.24, 2.45) is 0 Å². The molecule has 0 saturated carbocycles. The van der Waals surface area contributed by atoms with Gasteiger partial charge in [-0.2, -0.15) is 0 Å². The molecule has 20 heavy (non-hydrogen) atoms. The summed E-state index contributed by atoms with van der Waals surface area (Å²) < 4.78 is 17.9. The van der Waals surface area contributed by atoms with Gasteiger partial charge in [0.05, 0.1) is 4.92 Å². The van der Waals surface area contributed by atoms with Crippen LogP contribution in [0.1, 0.15) is 10.4 Å². The minimum atomic E-state index is -1.47. The van der Waals surface area contributed by atoms with Gasteiger partial charge in [-0.25, -0.2) is 14.2 Å². The highest BCUT2D eigenvalue weighted by Gasteiger charge is 2.21. The Morgan fingerprint density at radius 3 is 2.55 bits per heavy atom. The lowest BCUT2D eigenvalue weighted by atomic mass is 10.2. The first kappa shape index (κ1) is 13.4. The van der Waals surface area contributed by atoms with Gasteiger partial charge in [-0.05, 0) is 24.3 Å². The molecular formula is C12H7FN2O5. The van der Waals surface area contributed by atoms with Gasteiger partial charge in [-0.1, -0.05) is 0 Å². The quantitative estimate of drug-likeness (QED) is 0.681. The largest absolute Gasteiger partial charge is 0.477 e. The predicted octanol–water partition coefficient (Wildman–Crippen LogP) is 2.62. The molecule has 1 heterocycles. The summed E-state index contributed by atoms with van der Waals surface area (Å²) in [7, 11) is 0. The average molecular weight is 278 g/mol. The van der Waals surface area contributed by atoms with Gasteiger partial charge in [0, 0.05) is 6.07 Å². The maximum atomic E-state index is 12.7. The molecule has 1 N–H and O–H groups in total. The third kappa shape index (κ3) is 2.86. The number of aromatic nitrogens is 1. The van der Waals surface area contributed by atoms with E-state index < -0.39 is 28.0 Å². The number of halogens is 1. The third-order valence-electron chi connectivity index (χ3n) is 2.32. The summed E-state index contributed by atoms with van der Waals surface area (Å²) in [5, 5.41) is 19.6. The molecule has 0 bridgehead atoms. The summed E-state index contributed by atoms with van der Waals surface area (Å²) in [6.45, 7) is 0. The van der Waals surface area contributed by atoms with Crippen LogP contribution in [0.25, 0.3) is 0 Å². The zero-order valence-electron chi connectivity index (χ0n) is 9.82. The first-order chi connectivity index (χ1) is 9.47. The number of aromatic carboxylic acids is 1. The van der Waals surface area contributed by atoms with Crippen molar-refractivity contribution in [2.75, 3.05) is 0 Å². The van der Waals surface area contributed by atoms with Gasteiger partial charge in [0.2, 0.25) is 5.88 Å². The molecule has 0 radical (unpaired) electrons. The van der Waals surface area contributed by atoms with Crippen LogP contribution in [-0.2, 0) is 0 Å². The lowest BCUT2D eigenvalue weighted by Gasteiger charge is -2.05. The second-order valence-corrected chi connectivity index (χ2v) is 3.66. The Kier molecular flexibility index (Phi) is 3.56. The average Bonchev–Trinajstić information content (AvgIpc) is 2.41. The molecule has 2 rings (SSSR count). The number of benzene rings is 1. The molecule has 0 amide bonds. The molecule has 0 spiro atoms. The molecule has 0 saturated heterocycles. The Bertz CT molecular complexity index is 672. The Labute approximate surface area is 111 Å². The zero-order chi connectivity index (χ0) is 14.7. The highest BCUT2D eigenvalue weighted by atomic mass is 19.1. The Balaban J connectivity index is 2.34. The van der Waals surface area contributed by atoms with Gasteiger partial charge in [0.1, 0.15) is 23.3 Å². The van der Waals surface area contributed by atoms with Gasteiger partial charge >= 0.3 is 11.7 Å². The van der Waals surface area contributed by atoms with Crippen molar-refractivity contribution >= 4 is 11.7 Å². The van der Waals surface area contributed by atoms with Crippen molar-refractivity contribution in [3.05, 3.63) is 58.0 Å². The maximum Gasteiger partial charge on any atom is 0.342 e. The summed E-state index contributed by atoms with van der Waals surface area (Å²) >= 11 is 0. The number of rotatable bonds is 4. The van der Waals surface area contributed by atoms with Crippen LogP contribution >= 0.6 is 0 Å². The minimum absolute atomic E-state index is 0.139. The molecule has 1 aromatic carbocycles. The van der Waals surface area contributed by atoms with Crippen LogP contribution in [0, 0.1) is 15.9 Å². The van der Waals surface area contributed by atoms with E-state index in [2.05, 4.69) is 4.98 Å². The predicted molar refractivity (Wildman–Crippen MR) is 64.3 cm³/mol. The van der Waals surface area contributed by atoms with Gasteiger partial charge in [-0.15, -0.1) is 0 Å². The van der Waals surface area contributed by atoms with E-state index in [4.69, 9.17) is 9.84 Å².